The number of aromatic nitrogens is 1. The lowest BCUT2D eigenvalue weighted by Crippen LogP contribution is -2.27. The van der Waals surface area contributed by atoms with E-state index in [1.807, 2.05) is 68.4 Å². The minimum absolute atomic E-state index is 0.106. The van der Waals surface area contributed by atoms with Gasteiger partial charge < -0.3 is 9.73 Å². The topological polar surface area (TPSA) is 55.1 Å². The maximum Gasteiger partial charge on any atom is 0.274 e. The van der Waals surface area contributed by atoms with Crippen LogP contribution in [0.25, 0.3) is 11.3 Å². The number of nitrogens with zero attached hydrogens (tertiary/aromatic N) is 1. The predicted octanol–water partition coefficient (Wildman–Crippen LogP) is 4.14. The van der Waals surface area contributed by atoms with Crippen molar-refractivity contribution in [3.63, 3.8) is 0 Å². The molecule has 0 aliphatic carbocycles. The van der Waals surface area contributed by atoms with Crippen LogP contribution in [0.4, 0.5) is 0 Å². The van der Waals surface area contributed by atoms with Crippen molar-refractivity contribution >= 4 is 5.91 Å². The maximum atomic E-state index is 12.5. The molecular weight excluding hydrogens is 288 g/mol. The maximum absolute atomic E-state index is 12.5. The van der Waals surface area contributed by atoms with Gasteiger partial charge in [0.2, 0.25) is 0 Å². The first-order valence-electron chi connectivity index (χ1n) is 7.51. The lowest BCUT2D eigenvalue weighted by Gasteiger charge is -2.13. The predicted molar refractivity (Wildman–Crippen MR) is 89.0 cm³/mol. The highest BCUT2D eigenvalue weighted by molar-refractivity contribution is 5.97. The molecule has 1 heterocycles. The van der Waals surface area contributed by atoms with Crippen molar-refractivity contribution in [2.45, 2.75) is 19.9 Å². The van der Waals surface area contributed by atoms with Gasteiger partial charge in [0.1, 0.15) is 0 Å². The van der Waals surface area contributed by atoms with Crippen LogP contribution in [0.3, 0.4) is 0 Å². The summed E-state index contributed by atoms with van der Waals surface area (Å²) in [6.45, 7) is 3.94. The van der Waals surface area contributed by atoms with E-state index in [-0.39, 0.29) is 11.9 Å². The number of benzene rings is 2. The Labute approximate surface area is 135 Å². The zero-order chi connectivity index (χ0) is 16.2. The summed E-state index contributed by atoms with van der Waals surface area (Å²) in [5.74, 6) is 0.248. The molecule has 0 bridgehead atoms. The third kappa shape index (κ3) is 3.31. The van der Waals surface area contributed by atoms with Crippen LogP contribution in [-0.4, -0.2) is 10.9 Å². The van der Waals surface area contributed by atoms with E-state index in [0.29, 0.717) is 11.5 Å². The summed E-state index contributed by atoms with van der Waals surface area (Å²) in [4.78, 5) is 16.6. The molecule has 116 valence electrons. The van der Waals surface area contributed by atoms with Gasteiger partial charge in [-0.25, -0.2) is 4.98 Å². The number of carbonyl (C=O) groups is 1. The van der Waals surface area contributed by atoms with E-state index in [9.17, 15) is 4.79 Å². The monoisotopic (exact) mass is 306 g/mol. The highest BCUT2D eigenvalue weighted by Gasteiger charge is 2.20. The van der Waals surface area contributed by atoms with E-state index in [2.05, 4.69) is 10.3 Å². The van der Waals surface area contributed by atoms with Gasteiger partial charge in [-0.15, -0.1) is 0 Å². The Kier molecular flexibility index (Phi) is 4.24. The summed E-state index contributed by atoms with van der Waals surface area (Å²) in [5, 5.41) is 2.96. The summed E-state index contributed by atoms with van der Waals surface area (Å²) in [5.41, 5.74) is 3.29. The lowest BCUT2D eigenvalue weighted by atomic mass is 10.1. The second-order valence-corrected chi connectivity index (χ2v) is 5.51. The van der Waals surface area contributed by atoms with Gasteiger partial charge in [0.25, 0.3) is 5.91 Å². The van der Waals surface area contributed by atoms with Gasteiger partial charge in [-0.1, -0.05) is 54.1 Å². The zero-order valence-electron chi connectivity index (χ0n) is 13.1. The van der Waals surface area contributed by atoms with Crippen LogP contribution in [-0.2, 0) is 0 Å². The molecular formula is C19H18N2O2. The van der Waals surface area contributed by atoms with Crippen molar-refractivity contribution in [1.82, 2.24) is 10.3 Å². The Hall–Kier alpha value is -2.88. The normalized spacial score (nSPS) is 11.9. The van der Waals surface area contributed by atoms with Crippen LogP contribution >= 0.6 is 0 Å². The Balaban J connectivity index is 1.83. The van der Waals surface area contributed by atoms with E-state index >= 15 is 0 Å². The number of rotatable bonds is 4. The minimum atomic E-state index is -0.244. The standard InChI is InChI=1S/C19H18N2O2/c1-13-7-6-10-16(11-13)18-17(20-12-23-18)19(22)21-14(2)15-8-4-3-5-9-15/h3-12,14H,1-2H3,(H,21,22)/t14-/m0/s1. The summed E-state index contributed by atoms with van der Waals surface area (Å²) >= 11 is 0. The SMILES string of the molecule is Cc1cccc(-c2ocnc2C(=O)N[C@@H](C)c2ccccc2)c1. The van der Waals surface area contributed by atoms with Crippen molar-refractivity contribution < 1.29 is 9.21 Å². The number of aryl methyl sites for hydroxylation is 1. The largest absolute Gasteiger partial charge is 0.443 e. The molecule has 1 aromatic heterocycles. The highest BCUT2D eigenvalue weighted by atomic mass is 16.3. The highest BCUT2D eigenvalue weighted by Crippen LogP contribution is 2.24. The van der Waals surface area contributed by atoms with Gasteiger partial charge in [0, 0.05) is 5.56 Å². The number of hydrogen-bond acceptors (Lipinski definition) is 3. The number of nitrogens with one attached hydrogen (secondary N) is 1. The Morgan fingerprint density at radius 3 is 2.65 bits per heavy atom. The van der Waals surface area contributed by atoms with E-state index < -0.39 is 0 Å². The van der Waals surface area contributed by atoms with Crippen LogP contribution in [0, 0.1) is 6.92 Å². The molecule has 1 N–H and O–H groups in total. The molecule has 3 rings (SSSR count). The van der Waals surface area contributed by atoms with Gasteiger partial charge in [-0.3, -0.25) is 4.79 Å². The van der Waals surface area contributed by atoms with Gasteiger partial charge in [-0.05, 0) is 25.5 Å². The molecule has 0 aliphatic rings. The molecule has 0 spiro atoms. The molecule has 0 aliphatic heterocycles. The van der Waals surface area contributed by atoms with Crippen LogP contribution < -0.4 is 5.32 Å². The van der Waals surface area contributed by atoms with Crippen molar-refractivity contribution in [3.8, 4) is 11.3 Å². The van der Waals surface area contributed by atoms with Crippen molar-refractivity contribution in [3.05, 3.63) is 77.8 Å². The van der Waals surface area contributed by atoms with Crippen LogP contribution in [0.1, 0.15) is 34.6 Å². The molecule has 23 heavy (non-hydrogen) atoms. The lowest BCUT2D eigenvalue weighted by molar-refractivity contribution is 0.0935. The molecule has 4 heteroatoms. The fourth-order valence-corrected chi connectivity index (χ4v) is 2.49. The van der Waals surface area contributed by atoms with E-state index in [0.717, 1.165) is 16.7 Å². The molecule has 0 saturated carbocycles. The molecule has 0 saturated heterocycles. The van der Waals surface area contributed by atoms with E-state index in [1.54, 1.807) is 0 Å². The summed E-state index contributed by atoms with van der Waals surface area (Å²) in [6, 6.07) is 17.5. The zero-order valence-corrected chi connectivity index (χ0v) is 13.1. The first-order chi connectivity index (χ1) is 11.1. The summed E-state index contributed by atoms with van der Waals surface area (Å²) in [7, 11) is 0. The van der Waals surface area contributed by atoms with Gasteiger partial charge >= 0.3 is 0 Å². The fraction of sp³-hybridized carbons (Fsp3) is 0.158. The number of carbonyl (C=O) groups excluding carboxylic acids is 1. The van der Waals surface area contributed by atoms with E-state index in [4.69, 9.17) is 4.42 Å². The Morgan fingerprint density at radius 2 is 1.91 bits per heavy atom. The Morgan fingerprint density at radius 1 is 1.13 bits per heavy atom. The van der Waals surface area contributed by atoms with Crippen LogP contribution in [0.5, 0.6) is 0 Å². The quantitative estimate of drug-likeness (QED) is 0.788. The van der Waals surface area contributed by atoms with Crippen LogP contribution in [0.15, 0.2) is 65.4 Å². The van der Waals surface area contributed by atoms with Gasteiger partial charge in [0.15, 0.2) is 17.8 Å². The summed E-state index contributed by atoms with van der Waals surface area (Å²) < 4.78 is 5.44. The molecule has 1 atom stereocenters. The van der Waals surface area contributed by atoms with E-state index in [1.165, 1.54) is 6.39 Å². The molecule has 1 amide bonds. The third-order valence-corrected chi connectivity index (χ3v) is 3.71. The second-order valence-electron chi connectivity index (χ2n) is 5.51. The number of amides is 1. The third-order valence-electron chi connectivity index (χ3n) is 3.71. The summed E-state index contributed by atoms with van der Waals surface area (Å²) in [6.07, 6.45) is 1.31. The first-order valence-corrected chi connectivity index (χ1v) is 7.51. The number of oxazole rings is 1. The fourth-order valence-electron chi connectivity index (χ4n) is 2.49. The first kappa shape index (κ1) is 15.0. The molecule has 0 radical (unpaired) electrons. The minimum Gasteiger partial charge on any atom is -0.443 e. The molecule has 0 unspecified atom stereocenters. The van der Waals surface area contributed by atoms with Crippen molar-refractivity contribution in [2.24, 2.45) is 0 Å². The van der Waals surface area contributed by atoms with Gasteiger partial charge in [0.05, 0.1) is 6.04 Å². The molecule has 4 nitrogen and oxygen atoms in total. The smallest absolute Gasteiger partial charge is 0.274 e. The van der Waals surface area contributed by atoms with Crippen molar-refractivity contribution in [1.29, 1.82) is 0 Å². The van der Waals surface area contributed by atoms with Gasteiger partial charge in [-0.2, -0.15) is 0 Å². The Bertz CT molecular complexity index is 809. The van der Waals surface area contributed by atoms with Crippen molar-refractivity contribution in [2.75, 3.05) is 0 Å². The molecule has 3 aromatic rings. The average Bonchev–Trinajstić information content (AvgIpc) is 3.05. The molecule has 2 aromatic carbocycles. The van der Waals surface area contributed by atoms with Crippen LogP contribution in [0.2, 0.25) is 0 Å². The average molecular weight is 306 g/mol. The second kappa shape index (κ2) is 6.48. The molecule has 0 fully saturated rings. The number of hydrogen-bond donors (Lipinski definition) is 1.